The highest BCUT2D eigenvalue weighted by atomic mass is 19.1. The van der Waals surface area contributed by atoms with E-state index in [0.29, 0.717) is 30.6 Å². The first-order chi connectivity index (χ1) is 12.0. The summed E-state index contributed by atoms with van der Waals surface area (Å²) < 4.78 is 26.4. The Hall–Kier alpha value is -2.76. The lowest BCUT2D eigenvalue weighted by Crippen LogP contribution is -2.43. The first-order valence-corrected chi connectivity index (χ1v) is 8.09. The van der Waals surface area contributed by atoms with Crippen molar-refractivity contribution in [3.8, 4) is 0 Å². The highest BCUT2D eigenvalue weighted by Crippen LogP contribution is 2.23. The zero-order valence-electron chi connectivity index (χ0n) is 13.8. The number of nitrogens with zero attached hydrogens (tertiary/aromatic N) is 1. The van der Waals surface area contributed by atoms with Crippen LogP contribution in [0.4, 0.5) is 14.5 Å². The second kappa shape index (κ2) is 7.01. The molecule has 1 unspecified atom stereocenters. The Bertz CT molecular complexity index is 806. The van der Waals surface area contributed by atoms with Gasteiger partial charge >= 0.3 is 0 Å². The van der Waals surface area contributed by atoms with Crippen LogP contribution < -0.4 is 5.32 Å². The average Bonchev–Trinajstić information content (AvgIpc) is 3.08. The number of amides is 2. The fraction of sp³-hybridized carbons (Fsp3) is 0.263. The third-order valence-corrected chi connectivity index (χ3v) is 4.36. The van der Waals surface area contributed by atoms with Gasteiger partial charge in [0.1, 0.15) is 17.7 Å². The molecule has 1 heterocycles. The summed E-state index contributed by atoms with van der Waals surface area (Å²) in [5.74, 6) is -1.52. The molecule has 0 aromatic heterocycles. The standard InChI is InChI=1S/C19H18F2N2O2/c1-12-4-7-15(21)11-16(12)22-18(24)17-3-2-10-23(17)19(25)13-5-8-14(20)9-6-13/h4-9,11,17H,2-3,10H2,1H3,(H,22,24). The number of likely N-dealkylation sites (tertiary alicyclic amines) is 1. The summed E-state index contributed by atoms with van der Waals surface area (Å²) in [5, 5.41) is 2.71. The zero-order chi connectivity index (χ0) is 18.0. The van der Waals surface area contributed by atoms with Crippen molar-refractivity contribution in [2.45, 2.75) is 25.8 Å². The van der Waals surface area contributed by atoms with E-state index in [1.165, 1.54) is 41.3 Å². The van der Waals surface area contributed by atoms with Crippen molar-refractivity contribution in [2.24, 2.45) is 0 Å². The molecule has 6 heteroatoms. The summed E-state index contributed by atoms with van der Waals surface area (Å²) in [7, 11) is 0. The van der Waals surface area contributed by atoms with Gasteiger partial charge in [0.15, 0.2) is 0 Å². The molecule has 1 saturated heterocycles. The molecule has 1 N–H and O–H groups in total. The molecule has 2 aromatic rings. The number of nitrogens with one attached hydrogen (secondary N) is 1. The molecule has 2 aromatic carbocycles. The van der Waals surface area contributed by atoms with Crippen molar-refractivity contribution in [3.63, 3.8) is 0 Å². The number of anilines is 1. The molecular weight excluding hydrogens is 326 g/mol. The van der Waals surface area contributed by atoms with Crippen LogP contribution in [-0.4, -0.2) is 29.3 Å². The van der Waals surface area contributed by atoms with Gasteiger partial charge in [-0.05, 0) is 61.7 Å². The van der Waals surface area contributed by atoms with Gasteiger partial charge in [0, 0.05) is 17.8 Å². The molecule has 3 rings (SSSR count). The van der Waals surface area contributed by atoms with E-state index in [4.69, 9.17) is 0 Å². The Kier molecular flexibility index (Phi) is 4.79. The summed E-state index contributed by atoms with van der Waals surface area (Å²) >= 11 is 0. The Morgan fingerprint density at radius 1 is 1.08 bits per heavy atom. The quantitative estimate of drug-likeness (QED) is 0.926. The Balaban J connectivity index is 1.76. The monoisotopic (exact) mass is 344 g/mol. The van der Waals surface area contributed by atoms with Crippen LogP contribution in [0.25, 0.3) is 0 Å². The van der Waals surface area contributed by atoms with Crippen molar-refractivity contribution in [1.82, 2.24) is 4.90 Å². The lowest BCUT2D eigenvalue weighted by molar-refractivity contribution is -0.119. The van der Waals surface area contributed by atoms with Crippen LogP contribution in [0, 0.1) is 18.6 Å². The van der Waals surface area contributed by atoms with E-state index in [1.807, 2.05) is 0 Å². The van der Waals surface area contributed by atoms with Gasteiger partial charge in [0.2, 0.25) is 5.91 Å². The predicted molar refractivity (Wildman–Crippen MR) is 90.2 cm³/mol. The Labute approximate surface area is 144 Å². The van der Waals surface area contributed by atoms with Gasteiger partial charge in [-0.15, -0.1) is 0 Å². The maximum absolute atomic E-state index is 13.4. The first-order valence-electron chi connectivity index (χ1n) is 8.09. The fourth-order valence-corrected chi connectivity index (χ4v) is 2.99. The van der Waals surface area contributed by atoms with Crippen LogP contribution >= 0.6 is 0 Å². The molecule has 25 heavy (non-hydrogen) atoms. The topological polar surface area (TPSA) is 49.4 Å². The molecule has 1 aliphatic rings. The largest absolute Gasteiger partial charge is 0.327 e. The molecule has 1 atom stereocenters. The molecule has 0 radical (unpaired) electrons. The van der Waals surface area contributed by atoms with Gasteiger partial charge < -0.3 is 10.2 Å². The van der Waals surface area contributed by atoms with E-state index in [1.54, 1.807) is 13.0 Å². The minimum absolute atomic E-state index is 0.311. The first kappa shape index (κ1) is 17.1. The third-order valence-electron chi connectivity index (χ3n) is 4.36. The maximum atomic E-state index is 13.4. The number of hydrogen-bond donors (Lipinski definition) is 1. The van der Waals surface area contributed by atoms with Gasteiger partial charge in [-0.25, -0.2) is 8.78 Å². The van der Waals surface area contributed by atoms with Crippen LogP contribution in [0.3, 0.4) is 0 Å². The third kappa shape index (κ3) is 3.68. The number of aryl methyl sites for hydroxylation is 1. The predicted octanol–water partition coefficient (Wildman–Crippen LogP) is 3.52. The number of halogens is 2. The lowest BCUT2D eigenvalue weighted by Gasteiger charge is -2.24. The molecule has 4 nitrogen and oxygen atoms in total. The van der Waals surface area contributed by atoms with Gasteiger partial charge in [-0.1, -0.05) is 6.07 Å². The Morgan fingerprint density at radius 3 is 2.48 bits per heavy atom. The van der Waals surface area contributed by atoms with Crippen LogP contribution in [0.15, 0.2) is 42.5 Å². The normalized spacial score (nSPS) is 16.8. The molecule has 1 fully saturated rings. The van der Waals surface area contributed by atoms with E-state index >= 15 is 0 Å². The molecule has 0 spiro atoms. The van der Waals surface area contributed by atoms with E-state index in [0.717, 1.165) is 5.56 Å². The SMILES string of the molecule is Cc1ccc(F)cc1NC(=O)C1CCCN1C(=O)c1ccc(F)cc1. The van der Waals surface area contributed by atoms with Crippen molar-refractivity contribution in [3.05, 3.63) is 65.2 Å². The summed E-state index contributed by atoms with van der Waals surface area (Å²) in [6.07, 6.45) is 1.24. The number of rotatable bonds is 3. The van der Waals surface area contributed by atoms with Gasteiger partial charge in [0.05, 0.1) is 0 Å². The van der Waals surface area contributed by atoms with Crippen molar-refractivity contribution < 1.29 is 18.4 Å². The van der Waals surface area contributed by atoms with Crippen LogP contribution in [0.2, 0.25) is 0 Å². The lowest BCUT2D eigenvalue weighted by atomic mass is 10.1. The molecule has 0 saturated carbocycles. The second-order valence-electron chi connectivity index (χ2n) is 6.11. The summed E-state index contributed by atoms with van der Waals surface area (Å²) in [6.45, 7) is 2.22. The minimum atomic E-state index is -0.625. The van der Waals surface area contributed by atoms with Gasteiger partial charge in [-0.2, -0.15) is 0 Å². The smallest absolute Gasteiger partial charge is 0.254 e. The minimum Gasteiger partial charge on any atom is -0.327 e. The second-order valence-corrected chi connectivity index (χ2v) is 6.11. The van der Waals surface area contributed by atoms with Crippen LogP contribution in [0.5, 0.6) is 0 Å². The molecule has 1 aliphatic heterocycles. The van der Waals surface area contributed by atoms with Crippen LogP contribution in [0.1, 0.15) is 28.8 Å². The van der Waals surface area contributed by atoms with Crippen LogP contribution in [-0.2, 0) is 4.79 Å². The van der Waals surface area contributed by atoms with Crippen molar-refractivity contribution >= 4 is 17.5 Å². The number of carbonyl (C=O) groups is 2. The van der Waals surface area contributed by atoms with Gasteiger partial charge in [-0.3, -0.25) is 9.59 Å². The van der Waals surface area contributed by atoms with Crippen molar-refractivity contribution in [2.75, 3.05) is 11.9 Å². The fourth-order valence-electron chi connectivity index (χ4n) is 2.99. The summed E-state index contributed by atoms with van der Waals surface area (Å²) in [6, 6.07) is 8.78. The number of hydrogen-bond acceptors (Lipinski definition) is 2. The summed E-state index contributed by atoms with van der Waals surface area (Å²) in [5.41, 5.74) is 1.47. The maximum Gasteiger partial charge on any atom is 0.254 e. The number of benzene rings is 2. The van der Waals surface area contributed by atoms with E-state index in [9.17, 15) is 18.4 Å². The van der Waals surface area contributed by atoms with E-state index < -0.39 is 17.7 Å². The summed E-state index contributed by atoms with van der Waals surface area (Å²) in [4.78, 5) is 26.7. The zero-order valence-corrected chi connectivity index (χ0v) is 13.8. The number of carbonyl (C=O) groups excluding carboxylic acids is 2. The Morgan fingerprint density at radius 2 is 1.76 bits per heavy atom. The van der Waals surface area contributed by atoms with E-state index in [2.05, 4.69) is 5.32 Å². The molecular formula is C19H18F2N2O2. The van der Waals surface area contributed by atoms with Gasteiger partial charge in [0.25, 0.3) is 5.91 Å². The van der Waals surface area contributed by atoms with Crippen molar-refractivity contribution in [1.29, 1.82) is 0 Å². The molecule has 0 bridgehead atoms. The van der Waals surface area contributed by atoms with E-state index in [-0.39, 0.29) is 11.8 Å². The molecule has 130 valence electrons. The average molecular weight is 344 g/mol. The highest BCUT2D eigenvalue weighted by Gasteiger charge is 2.34. The highest BCUT2D eigenvalue weighted by molar-refractivity contribution is 6.01. The molecule has 0 aliphatic carbocycles. The molecule has 2 amide bonds.